The van der Waals surface area contributed by atoms with Gasteiger partial charge in [0.2, 0.25) is 0 Å². The third kappa shape index (κ3) is 2.16. The van der Waals surface area contributed by atoms with Crippen LogP contribution in [0.2, 0.25) is 0 Å². The van der Waals surface area contributed by atoms with Crippen LogP contribution in [0.1, 0.15) is 5.56 Å². The van der Waals surface area contributed by atoms with E-state index in [1.54, 1.807) is 6.07 Å². The molecule has 0 saturated heterocycles. The molecule has 0 aliphatic carbocycles. The molecule has 0 radical (unpaired) electrons. The molecule has 0 fully saturated rings. The van der Waals surface area contributed by atoms with E-state index in [-0.39, 0.29) is 5.82 Å². The van der Waals surface area contributed by atoms with Gasteiger partial charge in [0, 0.05) is 13.6 Å². The van der Waals surface area contributed by atoms with Gasteiger partial charge in [0.25, 0.3) is 0 Å². The summed E-state index contributed by atoms with van der Waals surface area (Å²) in [6.07, 6.45) is 1.39. The van der Waals surface area contributed by atoms with Crippen molar-refractivity contribution in [2.24, 2.45) is 10.9 Å². The normalized spacial score (nSPS) is 10.9. The highest BCUT2D eigenvalue weighted by atomic mass is 127. The molecule has 1 aromatic rings. The fraction of sp³-hybridized carbons (Fsp3) is 0. The maximum Gasteiger partial charge on any atom is 0.137 e. The van der Waals surface area contributed by atoms with Gasteiger partial charge in [0.05, 0.1) is 6.21 Å². The average molecular weight is 343 g/mol. The smallest absolute Gasteiger partial charge is 0.137 e. The summed E-state index contributed by atoms with van der Waals surface area (Å²) in [6.45, 7) is 0. The Bertz CT molecular complexity index is 327. The molecule has 0 bridgehead atoms. The number of halogens is 3. The molecule has 0 spiro atoms. The second-order valence-corrected chi connectivity index (χ2v) is 4.08. The Hall–Kier alpha value is -0.170. The SMILES string of the molecule is NN=Cc1cc(F)c(I)cc1Br. The first-order valence-electron chi connectivity index (χ1n) is 3.03. The second kappa shape index (κ2) is 4.18. The number of hydrazone groups is 1. The van der Waals surface area contributed by atoms with Crippen LogP contribution in [0.4, 0.5) is 4.39 Å². The highest BCUT2D eigenvalue weighted by Crippen LogP contribution is 2.21. The van der Waals surface area contributed by atoms with E-state index in [0.29, 0.717) is 9.13 Å². The van der Waals surface area contributed by atoms with Crippen LogP contribution in [0.15, 0.2) is 21.7 Å². The topological polar surface area (TPSA) is 38.4 Å². The molecule has 2 nitrogen and oxygen atoms in total. The Morgan fingerprint density at radius 1 is 1.58 bits per heavy atom. The van der Waals surface area contributed by atoms with Crippen molar-refractivity contribution in [3.63, 3.8) is 0 Å². The zero-order chi connectivity index (χ0) is 9.14. The van der Waals surface area contributed by atoms with Gasteiger partial charge in [-0.15, -0.1) is 0 Å². The fourth-order valence-corrected chi connectivity index (χ4v) is 2.06. The van der Waals surface area contributed by atoms with Crippen LogP contribution in [0.25, 0.3) is 0 Å². The Morgan fingerprint density at radius 2 is 2.25 bits per heavy atom. The Labute approximate surface area is 91.3 Å². The molecule has 0 aliphatic heterocycles. The number of hydrogen-bond acceptors (Lipinski definition) is 2. The van der Waals surface area contributed by atoms with Crippen molar-refractivity contribution >= 4 is 44.7 Å². The van der Waals surface area contributed by atoms with Crippen molar-refractivity contribution in [1.29, 1.82) is 0 Å². The van der Waals surface area contributed by atoms with E-state index >= 15 is 0 Å². The molecule has 1 aromatic carbocycles. The lowest BCUT2D eigenvalue weighted by molar-refractivity contribution is 0.620. The third-order valence-corrected chi connectivity index (χ3v) is 2.77. The van der Waals surface area contributed by atoms with Crippen LogP contribution in [0.5, 0.6) is 0 Å². The molecule has 64 valence electrons. The van der Waals surface area contributed by atoms with E-state index in [2.05, 4.69) is 21.0 Å². The van der Waals surface area contributed by atoms with E-state index in [9.17, 15) is 4.39 Å². The Kier molecular flexibility index (Phi) is 3.45. The first-order valence-corrected chi connectivity index (χ1v) is 4.90. The van der Waals surface area contributed by atoms with Gasteiger partial charge in [-0.1, -0.05) is 15.9 Å². The quantitative estimate of drug-likeness (QED) is 0.275. The van der Waals surface area contributed by atoms with Gasteiger partial charge in [0.15, 0.2) is 0 Å². The van der Waals surface area contributed by atoms with E-state index < -0.39 is 0 Å². The van der Waals surface area contributed by atoms with Crippen molar-refractivity contribution in [2.45, 2.75) is 0 Å². The lowest BCUT2D eigenvalue weighted by Crippen LogP contribution is -1.91. The average Bonchev–Trinajstić information content (AvgIpc) is 2.01. The van der Waals surface area contributed by atoms with Crippen LogP contribution in [0, 0.1) is 9.39 Å². The number of nitrogens with zero attached hydrogens (tertiary/aromatic N) is 1. The van der Waals surface area contributed by atoms with Gasteiger partial charge in [-0.2, -0.15) is 5.10 Å². The third-order valence-electron chi connectivity index (χ3n) is 1.25. The molecule has 0 aromatic heterocycles. The molecular weight excluding hydrogens is 338 g/mol. The van der Waals surface area contributed by atoms with Crippen LogP contribution >= 0.6 is 38.5 Å². The van der Waals surface area contributed by atoms with Crippen molar-refractivity contribution in [1.82, 2.24) is 0 Å². The van der Waals surface area contributed by atoms with Crippen molar-refractivity contribution in [3.05, 3.63) is 31.6 Å². The minimum absolute atomic E-state index is 0.270. The highest BCUT2D eigenvalue weighted by Gasteiger charge is 2.03. The lowest BCUT2D eigenvalue weighted by Gasteiger charge is -1.99. The van der Waals surface area contributed by atoms with E-state index in [4.69, 9.17) is 5.84 Å². The monoisotopic (exact) mass is 342 g/mol. The van der Waals surface area contributed by atoms with Gasteiger partial charge in [-0.3, -0.25) is 0 Å². The molecule has 0 heterocycles. The molecule has 5 heteroatoms. The van der Waals surface area contributed by atoms with Gasteiger partial charge in [-0.05, 0) is 34.7 Å². The molecule has 1 rings (SSSR count). The first kappa shape index (κ1) is 9.91. The first-order chi connectivity index (χ1) is 5.65. The summed E-state index contributed by atoms with van der Waals surface area (Å²) >= 11 is 5.18. The predicted molar refractivity (Wildman–Crippen MR) is 58.6 cm³/mol. The number of hydrogen-bond donors (Lipinski definition) is 1. The minimum atomic E-state index is -0.270. The van der Waals surface area contributed by atoms with Crippen molar-refractivity contribution in [2.75, 3.05) is 0 Å². The van der Waals surface area contributed by atoms with Gasteiger partial charge >= 0.3 is 0 Å². The molecular formula is C7H5BrFIN2. The van der Waals surface area contributed by atoms with Gasteiger partial charge < -0.3 is 5.84 Å². The van der Waals surface area contributed by atoms with Crippen LogP contribution in [-0.4, -0.2) is 6.21 Å². The molecule has 2 N–H and O–H groups in total. The molecule has 0 saturated carbocycles. The standard InChI is InChI=1S/C7H5BrFIN2/c8-5-2-7(10)6(9)1-4(5)3-12-11/h1-3H,11H2. The summed E-state index contributed by atoms with van der Waals surface area (Å²) < 4.78 is 14.3. The summed E-state index contributed by atoms with van der Waals surface area (Å²) in [5.41, 5.74) is 0.635. The number of nitrogens with two attached hydrogens (primary N) is 1. The van der Waals surface area contributed by atoms with E-state index in [0.717, 1.165) is 4.47 Å². The van der Waals surface area contributed by atoms with Crippen LogP contribution in [-0.2, 0) is 0 Å². The second-order valence-electron chi connectivity index (χ2n) is 2.07. The van der Waals surface area contributed by atoms with Crippen LogP contribution < -0.4 is 5.84 Å². The highest BCUT2D eigenvalue weighted by molar-refractivity contribution is 14.1. The zero-order valence-corrected chi connectivity index (χ0v) is 9.63. The van der Waals surface area contributed by atoms with E-state index in [1.165, 1.54) is 12.3 Å². The van der Waals surface area contributed by atoms with Crippen molar-refractivity contribution < 1.29 is 4.39 Å². The lowest BCUT2D eigenvalue weighted by atomic mass is 10.2. The number of benzene rings is 1. The van der Waals surface area contributed by atoms with Crippen molar-refractivity contribution in [3.8, 4) is 0 Å². The Balaban J connectivity index is 3.23. The minimum Gasteiger partial charge on any atom is -0.323 e. The molecule has 0 atom stereocenters. The van der Waals surface area contributed by atoms with Gasteiger partial charge in [-0.25, -0.2) is 4.39 Å². The van der Waals surface area contributed by atoms with Crippen LogP contribution in [0.3, 0.4) is 0 Å². The molecule has 0 aliphatic rings. The number of rotatable bonds is 1. The summed E-state index contributed by atoms with van der Waals surface area (Å²) in [6, 6.07) is 3.05. The largest absolute Gasteiger partial charge is 0.323 e. The molecule has 12 heavy (non-hydrogen) atoms. The molecule has 0 amide bonds. The fourth-order valence-electron chi connectivity index (χ4n) is 0.717. The van der Waals surface area contributed by atoms with E-state index in [1.807, 2.05) is 22.6 Å². The summed E-state index contributed by atoms with van der Waals surface area (Å²) in [5.74, 6) is 4.67. The molecule has 0 unspecified atom stereocenters. The summed E-state index contributed by atoms with van der Waals surface area (Å²) in [7, 11) is 0. The Morgan fingerprint density at radius 3 is 2.83 bits per heavy atom. The maximum absolute atomic E-state index is 13.0. The van der Waals surface area contributed by atoms with Gasteiger partial charge in [0.1, 0.15) is 5.82 Å². The summed E-state index contributed by atoms with van der Waals surface area (Å²) in [4.78, 5) is 0. The summed E-state index contributed by atoms with van der Waals surface area (Å²) in [5, 5.41) is 3.31. The zero-order valence-electron chi connectivity index (χ0n) is 5.89. The predicted octanol–water partition coefficient (Wildman–Crippen LogP) is 2.49. The maximum atomic E-state index is 13.0.